The summed E-state index contributed by atoms with van der Waals surface area (Å²) in [6.07, 6.45) is 6.74. The van der Waals surface area contributed by atoms with Crippen LogP contribution in [0.25, 0.3) is 22.2 Å². The predicted octanol–water partition coefficient (Wildman–Crippen LogP) is 4.12. The van der Waals surface area contributed by atoms with Gasteiger partial charge in [-0.3, -0.25) is 9.78 Å². The van der Waals surface area contributed by atoms with Gasteiger partial charge >= 0.3 is 0 Å². The van der Waals surface area contributed by atoms with Gasteiger partial charge in [0.15, 0.2) is 0 Å². The highest BCUT2D eigenvalue weighted by Gasteiger charge is 2.19. The van der Waals surface area contributed by atoms with Crippen LogP contribution in [0.2, 0.25) is 0 Å². The van der Waals surface area contributed by atoms with Gasteiger partial charge in [-0.25, -0.2) is 19.9 Å². The van der Waals surface area contributed by atoms with Crippen molar-refractivity contribution in [2.75, 3.05) is 30.8 Å². The Morgan fingerprint density at radius 1 is 1.00 bits per heavy atom. The molecule has 2 unspecified atom stereocenters. The van der Waals surface area contributed by atoms with Crippen molar-refractivity contribution in [1.29, 1.82) is 0 Å². The molecule has 0 aliphatic rings. The minimum Gasteiger partial charge on any atom is -0.370 e. The zero-order valence-corrected chi connectivity index (χ0v) is 20.4. The number of nitrogens with zero attached hydrogens (tertiary/aromatic N) is 5. The van der Waals surface area contributed by atoms with Gasteiger partial charge in [-0.1, -0.05) is 32.0 Å². The molecule has 2 atom stereocenters. The number of pyridine rings is 1. The van der Waals surface area contributed by atoms with Crippen LogP contribution in [0.4, 0.5) is 11.8 Å². The lowest BCUT2D eigenvalue weighted by Gasteiger charge is -2.22. The molecule has 4 aromatic rings. The molecule has 3 aromatic heterocycles. The first-order valence-corrected chi connectivity index (χ1v) is 11.7. The number of benzene rings is 1. The number of aromatic nitrogens is 5. The maximum Gasteiger partial charge on any atom is 0.251 e. The Labute approximate surface area is 204 Å². The number of carbonyl (C=O) groups excluding carboxylic acids is 1. The summed E-state index contributed by atoms with van der Waals surface area (Å²) in [5.41, 5.74) is 4.19. The van der Waals surface area contributed by atoms with Gasteiger partial charge in [0.25, 0.3) is 5.91 Å². The SMILES string of the molecule is CCNc1ncc(-c2cc(NCC(C)C(C)c3cccc4c(C(=O)NC)ccnc34)ncn2)cn1. The van der Waals surface area contributed by atoms with Crippen molar-refractivity contribution in [2.45, 2.75) is 26.7 Å². The summed E-state index contributed by atoms with van der Waals surface area (Å²) < 4.78 is 0. The molecule has 0 aliphatic carbocycles. The molecule has 9 heteroatoms. The van der Waals surface area contributed by atoms with Crippen LogP contribution in [0, 0.1) is 5.92 Å². The van der Waals surface area contributed by atoms with Crippen molar-refractivity contribution in [3.8, 4) is 11.3 Å². The normalized spacial score (nSPS) is 12.7. The first-order valence-electron chi connectivity index (χ1n) is 11.7. The molecule has 3 N–H and O–H groups in total. The maximum atomic E-state index is 12.3. The van der Waals surface area contributed by atoms with Crippen molar-refractivity contribution in [2.24, 2.45) is 5.92 Å². The number of carbonyl (C=O) groups is 1. The Balaban J connectivity index is 1.48. The summed E-state index contributed by atoms with van der Waals surface area (Å²) in [6, 6.07) is 9.68. The number of para-hydroxylation sites is 1. The fourth-order valence-electron chi connectivity index (χ4n) is 3.97. The topological polar surface area (TPSA) is 118 Å². The van der Waals surface area contributed by atoms with Gasteiger partial charge in [0.1, 0.15) is 12.1 Å². The van der Waals surface area contributed by atoms with E-state index < -0.39 is 0 Å². The smallest absolute Gasteiger partial charge is 0.251 e. The summed E-state index contributed by atoms with van der Waals surface area (Å²) in [5, 5.41) is 10.1. The second-order valence-electron chi connectivity index (χ2n) is 8.44. The molecule has 3 heterocycles. The van der Waals surface area contributed by atoms with Crippen LogP contribution in [0.15, 0.2) is 55.2 Å². The van der Waals surface area contributed by atoms with E-state index in [4.69, 9.17) is 0 Å². The van der Waals surface area contributed by atoms with Crippen LogP contribution >= 0.6 is 0 Å². The van der Waals surface area contributed by atoms with Gasteiger partial charge in [-0.15, -0.1) is 0 Å². The van der Waals surface area contributed by atoms with Gasteiger partial charge in [0.05, 0.1) is 16.8 Å². The number of hydrogen-bond acceptors (Lipinski definition) is 8. The fraction of sp³-hybridized carbons (Fsp3) is 0.308. The first kappa shape index (κ1) is 24.0. The molecule has 4 rings (SSSR count). The molecule has 0 radical (unpaired) electrons. The predicted molar refractivity (Wildman–Crippen MR) is 138 cm³/mol. The van der Waals surface area contributed by atoms with E-state index in [0.29, 0.717) is 18.1 Å². The molecule has 1 amide bonds. The third-order valence-electron chi connectivity index (χ3n) is 6.17. The van der Waals surface area contributed by atoms with Gasteiger partial charge < -0.3 is 16.0 Å². The second-order valence-corrected chi connectivity index (χ2v) is 8.44. The van der Waals surface area contributed by atoms with Gasteiger partial charge in [-0.2, -0.15) is 0 Å². The van der Waals surface area contributed by atoms with Gasteiger partial charge in [0.2, 0.25) is 5.95 Å². The van der Waals surface area contributed by atoms with E-state index in [-0.39, 0.29) is 17.7 Å². The van der Waals surface area contributed by atoms with Crippen LogP contribution < -0.4 is 16.0 Å². The molecule has 0 bridgehead atoms. The lowest BCUT2D eigenvalue weighted by molar-refractivity contribution is 0.0964. The first-order chi connectivity index (χ1) is 17.0. The van der Waals surface area contributed by atoms with Gasteiger partial charge in [-0.05, 0) is 30.4 Å². The minimum absolute atomic E-state index is 0.113. The van der Waals surface area contributed by atoms with E-state index in [0.717, 1.165) is 40.1 Å². The largest absolute Gasteiger partial charge is 0.370 e. The maximum absolute atomic E-state index is 12.3. The molecule has 0 fully saturated rings. The number of nitrogens with one attached hydrogen (secondary N) is 3. The van der Waals surface area contributed by atoms with Crippen LogP contribution in [0.1, 0.15) is 42.6 Å². The van der Waals surface area contributed by atoms with E-state index in [1.807, 2.05) is 25.1 Å². The van der Waals surface area contributed by atoms with Crippen molar-refractivity contribution in [3.63, 3.8) is 0 Å². The Kier molecular flexibility index (Phi) is 7.45. The molecule has 0 saturated heterocycles. The zero-order valence-electron chi connectivity index (χ0n) is 20.4. The summed E-state index contributed by atoms with van der Waals surface area (Å²) in [5.74, 6) is 1.69. The summed E-state index contributed by atoms with van der Waals surface area (Å²) in [6.45, 7) is 7.85. The lowest BCUT2D eigenvalue weighted by atomic mass is 9.87. The number of fused-ring (bicyclic) bond motifs is 1. The lowest BCUT2D eigenvalue weighted by Crippen LogP contribution is -2.19. The minimum atomic E-state index is -0.113. The molecular weight excluding hydrogens is 440 g/mol. The Morgan fingerprint density at radius 2 is 1.80 bits per heavy atom. The van der Waals surface area contributed by atoms with E-state index >= 15 is 0 Å². The number of rotatable bonds is 9. The van der Waals surface area contributed by atoms with Crippen LogP contribution in [0.5, 0.6) is 0 Å². The third kappa shape index (κ3) is 5.34. The number of anilines is 2. The highest BCUT2D eigenvalue weighted by molar-refractivity contribution is 6.06. The highest BCUT2D eigenvalue weighted by atomic mass is 16.1. The summed E-state index contributed by atoms with van der Waals surface area (Å²) >= 11 is 0. The molecule has 9 nitrogen and oxygen atoms in total. The van der Waals surface area contributed by atoms with E-state index in [1.54, 1.807) is 38.0 Å². The standard InChI is InChI=1S/C26H30N8O/c1-5-28-26-31-13-18(14-32-26)22-11-23(34-15-33-22)30-12-16(2)17(3)19-7-6-8-20-21(25(35)27-4)9-10-29-24(19)20/h6-11,13-17H,5,12H2,1-4H3,(H,27,35)(H,28,31,32)(H,30,33,34). The Hall–Kier alpha value is -4.14. The Bertz CT molecular complexity index is 1310. The third-order valence-corrected chi connectivity index (χ3v) is 6.17. The molecule has 35 heavy (non-hydrogen) atoms. The number of amides is 1. The molecule has 0 aliphatic heterocycles. The molecule has 1 aromatic carbocycles. The number of hydrogen-bond donors (Lipinski definition) is 3. The summed E-state index contributed by atoms with van der Waals surface area (Å²) in [4.78, 5) is 34.3. The van der Waals surface area contributed by atoms with E-state index in [9.17, 15) is 4.79 Å². The van der Waals surface area contributed by atoms with Gasteiger partial charge in [0, 0.05) is 55.7 Å². The van der Waals surface area contributed by atoms with Crippen LogP contribution in [0.3, 0.4) is 0 Å². The Morgan fingerprint density at radius 3 is 2.54 bits per heavy atom. The van der Waals surface area contributed by atoms with Crippen LogP contribution in [-0.2, 0) is 0 Å². The fourth-order valence-corrected chi connectivity index (χ4v) is 3.97. The van der Waals surface area contributed by atoms with Crippen molar-refractivity contribution < 1.29 is 4.79 Å². The van der Waals surface area contributed by atoms with Crippen molar-refractivity contribution in [1.82, 2.24) is 30.2 Å². The van der Waals surface area contributed by atoms with Crippen molar-refractivity contribution in [3.05, 3.63) is 66.4 Å². The quantitative estimate of drug-likeness (QED) is 0.334. The zero-order chi connectivity index (χ0) is 24.8. The summed E-state index contributed by atoms with van der Waals surface area (Å²) in [7, 11) is 1.64. The molecule has 0 spiro atoms. The van der Waals surface area contributed by atoms with E-state index in [2.05, 4.69) is 60.8 Å². The average molecular weight is 471 g/mol. The van der Waals surface area contributed by atoms with Crippen LogP contribution in [-0.4, -0.2) is 51.0 Å². The molecular formula is C26H30N8O. The monoisotopic (exact) mass is 470 g/mol. The molecule has 180 valence electrons. The second kappa shape index (κ2) is 10.9. The molecule has 0 saturated carbocycles. The highest BCUT2D eigenvalue weighted by Crippen LogP contribution is 2.31. The van der Waals surface area contributed by atoms with E-state index in [1.165, 1.54) is 0 Å². The average Bonchev–Trinajstić information content (AvgIpc) is 2.91. The van der Waals surface area contributed by atoms with Crippen molar-refractivity contribution >= 4 is 28.6 Å².